The Morgan fingerprint density at radius 2 is 2.00 bits per heavy atom. The molecule has 1 heterocycles. The highest BCUT2D eigenvalue weighted by Crippen LogP contribution is 2.35. The van der Waals surface area contributed by atoms with Crippen molar-refractivity contribution >= 4 is 55.6 Å². The van der Waals surface area contributed by atoms with Gasteiger partial charge in [0, 0.05) is 10.4 Å². The molecule has 1 atom stereocenters. The third kappa shape index (κ3) is 6.07. The molecule has 3 aromatic rings. The zero-order valence-corrected chi connectivity index (χ0v) is 24.1. The summed E-state index contributed by atoms with van der Waals surface area (Å²) in [5.74, 6) is 2.40. The van der Waals surface area contributed by atoms with Gasteiger partial charge in [-0.2, -0.15) is 9.78 Å². The largest absolute Gasteiger partial charge is 0.490 e. The number of hydrogen-bond donors (Lipinski definition) is 0. The van der Waals surface area contributed by atoms with Crippen molar-refractivity contribution in [1.82, 2.24) is 9.66 Å². The van der Waals surface area contributed by atoms with Crippen molar-refractivity contribution in [1.29, 1.82) is 0 Å². The summed E-state index contributed by atoms with van der Waals surface area (Å²) < 4.78 is 15.3. The minimum Gasteiger partial charge on any atom is -0.490 e. The molecule has 1 aromatic heterocycles. The molecule has 0 amide bonds. The van der Waals surface area contributed by atoms with E-state index in [9.17, 15) is 4.79 Å². The van der Waals surface area contributed by atoms with E-state index < -0.39 is 0 Å². The second-order valence-electron chi connectivity index (χ2n) is 8.93. The summed E-state index contributed by atoms with van der Waals surface area (Å²) in [6, 6.07) is 9.56. The van der Waals surface area contributed by atoms with Gasteiger partial charge >= 0.3 is 0 Å². The van der Waals surface area contributed by atoms with Gasteiger partial charge in [0.2, 0.25) is 0 Å². The molecule has 0 saturated heterocycles. The molecule has 1 aliphatic rings. The molecule has 6 nitrogen and oxygen atoms in total. The van der Waals surface area contributed by atoms with E-state index in [0.29, 0.717) is 23.3 Å². The van der Waals surface area contributed by atoms with Gasteiger partial charge in [0.25, 0.3) is 5.56 Å². The van der Waals surface area contributed by atoms with Gasteiger partial charge in [-0.05, 0) is 91.6 Å². The highest BCUT2D eigenvalue weighted by Gasteiger charge is 2.22. The molecule has 1 aliphatic carbocycles. The Morgan fingerprint density at radius 1 is 1.23 bits per heavy atom. The maximum Gasteiger partial charge on any atom is 0.282 e. The van der Waals surface area contributed by atoms with E-state index in [1.54, 1.807) is 6.21 Å². The molecule has 35 heavy (non-hydrogen) atoms. The molecule has 186 valence electrons. The number of nitrogens with zero attached hydrogens (tertiary/aromatic N) is 3. The molecule has 4 rings (SSSR count). The van der Waals surface area contributed by atoms with Gasteiger partial charge in [-0.1, -0.05) is 42.1 Å². The highest BCUT2D eigenvalue weighted by atomic mass is 127. The Balaban J connectivity index is 1.79. The number of fused-ring (bicyclic) bond motifs is 1. The van der Waals surface area contributed by atoms with E-state index in [1.807, 2.05) is 44.2 Å². The Bertz CT molecular complexity index is 1280. The van der Waals surface area contributed by atoms with Gasteiger partial charge in [-0.25, -0.2) is 4.98 Å². The summed E-state index contributed by atoms with van der Waals surface area (Å²) in [7, 11) is 0. The van der Waals surface area contributed by atoms with E-state index in [0.717, 1.165) is 57.3 Å². The predicted molar refractivity (Wildman–Crippen MR) is 153 cm³/mol. The smallest absolute Gasteiger partial charge is 0.282 e. The first-order valence-electron chi connectivity index (χ1n) is 12.3. The second-order valence-corrected chi connectivity index (χ2v) is 11.0. The topological polar surface area (TPSA) is 65.7 Å². The number of halogens is 2. The molecule has 1 fully saturated rings. The Kier molecular flexibility index (Phi) is 8.86. The highest BCUT2D eigenvalue weighted by molar-refractivity contribution is 14.1. The van der Waals surface area contributed by atoms with Gasteiger partial charge in [0.1, 0.15) is 5.82 Å². The molecule has 8 heteroatoms. The van der Waals surface area contributed by atoms with Crippen LogP contribution in [0.15, 0.2) is 44.7 Å². The van der Waals surface area contributed by atoms with Crippen molar-refractivity contribution in [3.8, 4) is 11.5 Å². The number of rotatable bonds is 8. The molecule has 2 aromatic carbocycles. The minimum absolute atomic E-state index is 0.0851. The van der Waals surface area contributed by atoms with E-state index in [2.05, 4.69) is 50.5 Å². The summed E-state index contributed by atoms with van der Waals surface area (Å²) in [6.45, 7) is 6.62. The van der Waals surface area contributed by atoms with Crippen LogP contribution < -0.4 is 15.0 Å². The van der Waals surface area contributed by atoms with Gasteiger partial charge in [-0.15, -0.1) is 0 Å². The SMILES string of the molecule is CCOc1cc(C=Nn2c(C3CCCCC3)nc3ccc(Br)cc3c2=O)cc(I)c1O[C@H](C)CC. The molecule has 1 saturated carbocycles. The van der Waals surface area contributed by atoms with Crippen LogP contribution in [0.25, 0.3) is 10.9 Å². The maximum atomic E-state index is 13.6. The van der Waals surface area contributed by atoms with Crippen LogP contribution in [0.1, 0.15) is 76.6 Å². The van der Waals surface area contributed by atoms with E-state index in [-0.39, 0.29) is 17.6 Å². The van der Waals surface area contributed by atoms with Crippen molar-refractivity contribution in [2.75, 3.05) is 6.61 Å². The lowest BCUT2D eigenvalue weighted by molar-refractivity contribution is 0.201. The van der Waals surface area contributed by atoms with Crippen molar-refractivity contribution in [3.63, 3.8) is 0 Å². The lowest BCUT2D eigenvalue weighted by atomic mass is 9.88. The Morgan fingerprint density at radius 3 is 2.71 bits per heavy atom. The monoisotopic (exact) mass is 651 g/mol. The van der Waals surface area contributed by atoms with Crippen LogP contribution >= 0.6 is 38.5 Å². The van der Waals surface area contributed by atoms with Crippen LogP contribution in [0.5, 0.6) is 11.5 Å². The molecular weight excluding hydrogens is 621 g/mol. The third-order valence-electron chi connectivity index (χ3n) is 6.35. The number of aromatic nitrogens is 2. The average molecular weight is 652 g/mol. The van der Waals surface area contributed by atoms with E-state index in [1.165, 1.54) is 11.1 Å². The van der Waals surface area contributed by atoms with Crippen LogP contribution in [0.3, 0.4) is 0 Å². The summed E-state index contributed by atoms with van der Waals surface area (Å²) in [5.41, 5.74) is 1.40. The molecular formula is C27H31BrIN3O3. The van der Waals surface area contributed by atoms with E-state index in [4.69, 9.17) is 14.5 Å². The molecule has 0 aliphatic heterocycles. The fraction of sp³-hybridized carbons (Fsp3) is 0.444. The van der Waals surface area contributed by atoms with E-state index >= 15 is 0 Å². The zero-order valence-electron chi connectivity index (χ0n) is 20.4. The number of benzene rings is 2. The van der Waals surface area contributed by atoms with Crippen LogP contribution in [-0.2, 0) is 0 Å². The fourth-order valence-corrected chi connectivity index (χ4v) is 5.46. The zero-order chi connectivity index (χ0) is 24.9. The van der Waals surface area contributed by atoms with Crippen molar-refractivity contribution in [2.45, 2.75) is 71.3 Å². The second kappa shape index (κ2) is 11.9. The Hall–Kier alpha value is -1.94. The summed E-state index contributed by atoms with van der Waals surface area (Å²) in [4.78, 5) is 18.5. The van der Waals surface area contributed by atoms with Gasteiger partial charge in [0.15, 0.2) is 11.5 Å². The van der Waals surface area contributed by atoms with Crippen LogP contribution in [0.4, 0.5) is 0 Å². The number of ether oxygens (including phenoxy) is 2. The van der Waals surface area contributed by atoms with Gasteiger partial charge in [0.05, 0.1) is 33.4 Å². The van der Waals surface area contributed by atoms with Crippen molar-refractivity contribution in [3.05, 3.63) is 60.1 Å². The standard InChI is InChI=1S/C27H31BrIN3O3/c1-4-17(3)35-25-22(29)13-18(14-24(25)34-5-2)16-30-32-26(19-9-7-6-8-10-19)31-23-12-11-20(28)15-21(23)27(32)33/h11-17,19H,4-10H2,1-3H3/t17-/m1/s1. The fourth-order valence-electron chi connectivity index (χ4n) is 4.35. The lowest BCUT2D eigenvalue weighted by Crippen LogP contribution is -2.25. The maximum absolute atomic E-state index is 13.6. The molecule has 0 N–H and O–H groups in total. The minimum atomic E-state index is -0.149. The molecule has 0 radical (unpaired) electrons. The van der Waals surface area contributed by atoms with Crippen molar-refractivity contribution in [2.24, 2.45) is 5.10 Å². The van der Waals surface area contributed by atoms with Crippen LogP contribution in [0.2, 0.25) is 0 Å². The van der Waals surface area contributed by atoms with Crippen LogP contribution in [-0.4, -0.2) is 28.6 Å². The lowest BCUT2D eigenvalue weighted by Gasteiger charge is -2.22. The van der Waals surface area contributed by atoms with Gasteiger partial charge < -0.3 is 9.47 Å². The summed E-state index contributed by atoms with van der Waals surface area (Å²) in [5, 5.41) is 5.24. The first kappa shape index (κ1) is 26.1. The summed E-state index contributed by atoms with van der Waals surface area (Å²) in [6.07, 6.45) is 8.29. The normalized spacial score (nSPS) is 15.6. The quantitative estimate of drug-likeness (QED) is 0.190. The van der Waals surface area contributed by atoms with Crippen molar-refractivity contribution < 1.29 is 9.47 Å². The molecule has 0 bridgehead atoms. The first-order valence-corrected chi connectivity index (χ1v) is 14.2. The first-order chi connectivity index (χ1) is 16.9. The predicted octanol–water partition coefficient (Wildman–Crippen LogP) is 7.27. The van der Waals surface area contributed by atoms with Crippen LogP contribution in [0, 0.1) is 3.57 Å². The average Bonchev–Trinajstić information content (AvgIpc) is 2.86. The molecule has 0 unspecified atom stereocenters. The molecule has 0 spiro atoms. The third-order valence-corrected chi connectivity index (χ3v) is 7.65. The van der Waals surface area contributed by atoms with Gasteiger partial charge in [-0.3, -0.25) is 4.79 Å². The number of hydrogen-bond acceptors (Lipinski definition) is 5. The summed E-state index contributed by atoms with van der Waals surface area (Å²) >= 11 is 5.75. The Labute approximate surface area is 228 Å².